The molecule has 0 saturated heterocycles. The van der Waals surface area contributed by atoms with Gasteiger partial charge in [0, 0.05) is 18.7 Å². The molecule has 0 heterocycles. The van der Waals surface area contributed by atoms with Crippen LogP contribution in [0.15, 0.2) is 71.6 Å². The van der Waals surface area contributed by atoms with E-state index >= 15 is 0 Å². The molecule has 0 aliphatic rings. The third-order valence-corrected chi connectivity index (χ3v) is 9.08. The van der Waals surface area contributed by atoms with E-state index in [1.165, 1.54) is 44.4 Å². The van der Waals surface area contributed by atoms with Crippen molar-refractivity contribution in [1.82, 2.24) is 10.2 Å². The maximum atomic E-state index is 14.2. The number of anilines is 1. The summed E-state index contributed by atoms with van der Waals surface area (Å²) >= 11 is 0. The third-order valence-electron chi connectivity index (χ3n) is 7.31. The molecule has 2 amide bonds. The van der Waals surface area contributed by atoms with E-state index in [1.54, 1.807) is 49.4 Å². The Morgan fingerprint density at radius 3 is 2.13 bits per heavy atom. The SMILES string of the molecule is CCOc1ccc(N(CC(=O)N(Cc2cccc(OC)c2)C(C)C(=O)NC(C)CC)S(=O)(=O)c2ccc(OC)c(OC)c2)cc1. The van der Waals surface area contributed by atoms with Crippen molar-refractivity contribution in [2.45, 2.75) is 57.6 Å². The topological polar surface area (TPSA) is 124 Å². The Morgan fingerprint density at radius 2 is 1.53 bits per heavy atom. The molecule has 0 aromatic heterocycles. The Hall–Kier alpha value is -4.45. The number of amides is 2. The number of ether oxygens (including phenoxy) is 4. The molecule has 0 fully saturated rings. The first kappa shape index (κ1) is 35.0. The lowest BCUT2D eigenvalue weighted by atomic mass is 10.1. The first-order valence-corrected chi connectivity index (χ1v) is 16.1. The molecule has 3 rings (SSSR count). The molecule has 11 nitrogen and oxygen atoms in total. The monoisotopic (exact) mass is 641 g/mol. The maximum absolute atomic E-state index is 14.2. The molecule has 0 aliphatic heterocycles. The fourth-order valence-electron chi connectivity index (χ4n) is 4.52. The van der Waals surface area contributed by atoms with Gasteiger partial charge in [-0.2, -0.15) is 0 Å². The number of hydrogen-bond donors (Lipinski definition) is 1. The number of sulfonamides is 1. The third kappa shape index (κ3) is 8.81. The van der Waals surface area contributed by atoms with Crippen LogP contribution in [-0.2, 0) is 26.2 Å². The Bertz CT molecular complexity index is 1550. The number of methoxy groups -OCH3 is 3. The predicted molar refractivity (Wildman–Crippen MR) is 173 cm³/mol. The molecular formula is C33H43N3O8S. The van der Waals surface area contributed by atoms with Crippen molar-refractivity contribution >= 4 is 27.5 Å². The highest BCUT2D eigenvalue weighted by molar-refractivity contribution is 7.92. The lowest BCUT2D eigenvalue weighted by molar-refractivity contribution is -0.139. The van der Waals surface area contributed by atoms with Gasteiger partial charge in [-0.25, -0.2) is 8.42 Å². The van der Waals surface area contributed by atoms with Gasteiger partial charge in [-0.05, 0) is 81.3 Å². The fourth-order valence-corrected chi connectivity index (χ4v) is 5.95. The van der Waals surface area contributed by atoms with Gasteiger partial charge in [0.25, 0.3) is 10.0 Å². The quantitative estimate of drug-likeness (QED) is 0.240. The van der Waals surface area contributed by atoms with Gasteiger partial charge in [0.2, 0.25) is 11.8 Å². The van der Waals surface area contributed by atoms with Crippen LogP contribution in [0.4, 0.5) is 5.69 Å². The average molecular weight is 642 g/mol. The van der Waals surface area contributed by atoms with Gasteiger partial charge < -0.3 is 29.2 Å². The van der Waals surface area contributed by atoms with Crippen molar-refractivity contribution in [2.24, 2.45) is 0 Å². The number of rotatable bonds is 16. The Labute approximate surface area is 266 Å². The summed E-state index contributed by atoms with van der Waals surface area (Å²) in [6.07, 6.45) is 0.706. The normalized spacial score (nSPS) is 12.4. The van der Waals surface area contributed by atoms with Crippen molar-refractivity contribution in [2.75, 3.05) is 38.8 Å². The highest BCUT2D eigenvalue weighted by Gasteiger charge is 2.33. The van der Waals surface area contributed by atoms with Crippen LogP contribution in [0.1, 0.15) is 39.7 Å². The van der Waals surface area contributed by atoms with E-state index in [9.17, 15) is 18.0 Å². The molecule has 0 spiro atoms. The maximum Gasteiger partial charge on any atom is 0.264 e. The highest BCUT2D eigenvalue weighted by Crippen LogP contribution is 2.33. The van der Waals surface area contributed by atoms with Crippen molar-refractivity contribution in [3.05, 3.63) is 72.3 Å². The van der Waals surface area contributed by atoms with E-state index in [2.05, 4.69) is 5.32 Å². The number of carbonyl (C=O) groups excluding carboxylic acids is 2. The number of benzene rings is 3. The van der Waals surface area contributed by atoms with E-state index in [-0.39, 0.29) is 34.8 Å². The summed E-state index contributed by atoms with van der Waals surface area (Å²) in [5.74, 6) is 0.769. The minimum absolute atomic E-state index is 0.0403. The Kier molecular flexibility index (Phi) is 12.5. The van der Waals surface area contributed by atoms with Crippen LogP contribution in [0.25, 0.3) is 0 Å². The molecule has 0 bridgehead atoms. The van der Waals surface area contributed by atoms with Crippen LogP contribution >= 0.6 is 0 Å². The summed E-state index contributed by atoms with van der Waals surface area (Å²) in [4.78, 5) is 28.7. The molecule has 244 valence electrons. The van der Waals surface area contributed by atoms with Gasteiger partial charge >= 0.3 is 0 Å². The van der Waals surface area contributed by atoms with Gasteiger partial charge in [0.15, 0.2) is 11.5 Å². The molecule has 1 N–H and O–H groups in total. The highest BCUT2D eigenvalue weighted by atomic mass is 32.2. The molecule has 0 radical (unpaired) electrons. The van der Waals surface area contributed by atoms with Gasteiger partial charge in [-0.15, -0.1) is 0 Å². The largest absolute Gasteiger partial charge is 0.497 e. The first-order chi connectivity index (χ1) is 21.5. The molecule has 2 unspecified atom stereocenters. The second-order valence-electron chi connectivity index (χ2n) is 10.3. The summed E-state index contributed by atoms with van der Waals surface area (Å²) in [5, 5.41) is 2.93. The number of nitrogens with zero attached hydrogens (tertiary/aromatic N) is 2. The fraction of sp³-hybridized carbons (Fsp3) is 0.394. The van der Waals surface area contributed by atoms with Gasteiger partial charge in [-0.1, -0.05) is 19.1 Å². The van der Waals surface area contributed by atoms with E-state index in [4.69, 9.17) is 18.9 Å². The van der Waals surface area contributed by atoms with Gasteiger partial charge in [-0.3, -0.25) is 13.9 Å². The summed E-state index contributed by atoms with van der Waals surface area (Å²) in [6.45, 7) is 7.18. The van der Waals surface area contributed by atoms with Gasteiger partial charge in [0.1, 0.15) is 24.1 Å². The van der Waals surface area contributed by atoms with Gasteiger partial charge in [0.05, 0.1) is 38.5 Å². The predicted octanol–water partition coefficient (Wildman–Crippen LogP) is 4.64. The Morgan fingerprint density at radius 1 is 0.844 bits per heavy atom. The average Bonchev–Trinajstić information content (AvgIpc) is 3.05. The second-order valence-corrected chi connectivity index (χ2v) is 12.2. The molecule has 3 aromatic carbocycles. The van der Waals surface area contributed by atoms with Crippen molar-refractivity contribution < 1.29 is 37.0 Å². The molecule has 2 atom stereocenters. The minimum atomic E-state index is -4.33. The molecule has 45 heavy (non-hydrogen) atoms. The van der Waals surface area contributed by atoms with E-state index in [0.29, 0.717) is 35.8 Å². The van der Waals surface area contributed by atoms with Crippen LogP contribution in [-0.4, -0.2) is 71.7 Å². The van der Waals surface area contributed by atoms with Crippen molar-refractivity contribution in [3.8, 4) is 23.0 Å². The second kappa shape index (κ2) is 16.0. The van der Waals surface area contributed by atoms with E-state index < -0.39 is 28.5 Å². The molecule has 3 aromatic rings. The van der Waals surface area contributed by atoms with Crippen LogP contribution in [0, 0.1) is 0 Å². The molecule has 0 saturated carbocycles. The summed E-state index contributed by atoms with van der Waals surface area (Å²) in [6, 6.07) is 16.7. The zero-order valence-corrected chi connectivity index (χ0v) is 27.7. The smallest absolute Gasteiger partial charge is 0.264 e. The van der Waals surface area contributed by atoms with Crippen molar-refractivity contribution in [1.29, 1.82) is 0 Å². The molecular weight excluding hydrogens is 598 g/mol. The zero-order chi connectivity index (χ0) is 33.1. The van der Waals surface area contributed by atoms with Crippen LogP contribution in [0.3, 0.4) is 0 Å². The van der Waals surface area contributed by atoms with Crippen LogP contribution in [0.2, 0.25) is 0 Å². The molecule has 12 heteroatoms. The summed E-state index contributed by atoms with van der Waals surface area (Å²) in [5.41, 5.74) is 0.945. The lowest BCUT2D eigenvalue weighted by Gasteiger charge is -2.32. The Balaban J connectivity index is 2.09. The summed E-state index contributed by atoms with van der Waals surface area (Å²) in [7, 11) is 0.0686. The minimum Gasteiger partial charge on any atom is -0.497 e. The van der Waals surface area contributed by atoms with Crippen molar-refractivity contribution in [3.63, 3.8) is 0 Å². The molecule has 0 aliphatic carbocycles. The van der Waals surface area contributed by atoms with Crippen LogP contribution in [0.5, 0.6) is 23.0 Å². The summed E-state index contributed by atoms with van der Waals surface area (Å²) < 4.78 is 51.0. The van der Waals surface area contributed by atoms with E-state index in [1.807, 2.05) is 26.8 Å². The lowest BCUT2D eigenvalue weighted by Crippen LogP contribution is -2.52. The number of nitrogens with one attached hydrogen (secondary N) is 1. The standard InChI is InChI=1S/C33H43N3O8S/c1-8-23(3)34-33(38)24(4)35(21-25-11-10-12-28(19-25)41-5)32(37)22-36(26-13-15-27(16-14-26)44-9-2)45(39,40)29-17-18-30(42-6)31(20-29)43-7/h10-20,23-24H,8-9,21-22H2,1-7H3,(H,34,38). The zero-order valence-electron chi connectivity index (χ0n) is 26.9. The van der Waals surface area contributed by atoms with Crippen LogP contribution < -0.4 is 28.6 Å². The number of hydrogen-bond acceptors (Lipinski definition) is 8. The first-order valence-electron chi connectivity index (χ1n) is 14.7. The van der Waals surface area contributed by atoms with E-state index in [0.717, 1.165) is 4.31 Å². The number of carbonyl (C=O) groups is 2.